The predicted octanol–water partition coefficient (Wildman–Crippen LogP) is 1.53. The third kappa shape index (κ3) is 2.11. The van der Waals surface area contributed by atoms with Crippen molar-refractivity contribution < 1.29 is 10.0 Å². The fourth-order valence-corrected chi connectivity index (χ4v) is 1.08. The zero-order valence-corrected chi connectivity index (χ0v) is 7.21. The average molecular weight is 196 g/mol. The van der Waals surface area contributed by atoms with Crippen molar-refractivity contribution in [2.24, 2.45) is 5.18 Å². The molecule has 0 amide bonds. The number of aliphatic hydroxyl groups excluding tert-OH is 1. The first kappa shape index (κ1) is 10.3. The summed E-state index contributed by atoms with van der Waals surface area (Å²) in [7, 11) is 0. The molecule has 6 heteroatoms. The topological polar surface area (TPSA) is 92.8 Å². The maximum absolute atomic E-state index is 10.4. The van der Waals surface area contributed by atoms with E-state index in [-0.39, 0.29) is 24.4 Å². The normalized spacial score (nSPS) is 9.79. The number of nitrogens with zero attached hydrogens (tertiary/aromatic N) is 2. The maximum atomic E-state index is 10.4. The molecule has 0 unspecified atom stereocenters. The van der Waals surface area contributed by atoms with Gasteiger partial charge in [-0.3, -0.25) is 10.1 Å². The van der Waals surface area contributed by atoms with E-state index < -0.39 is 4.92 Å². The van der Waals surface area contributed by atoms with Crippen molar-refractivity contribution in [1.82, 2.24) is 0 Å². The largest absolute Gasteiger partial charge is 0.396 e. The summed E-state index contributed by atoms with van der Waals surface area (Å²) in [4.78, 5) is 20.1. The van der Waals surface area contributed by atoms with Gasteiger partial charge in [0.05, 0.1) is 4.92 Å². The standard InChI is InChI=1S/C8H8N2O4/c11-4-3-6-1-2-7(10(13)14)5-8(6)9-12/h1-2,5,11H,3-4H2. The number of hydrogen-bond acceptors (Lipinski definition) is 5. The van der Waals surface area contributed by atoms with Crippen LogP contribution in [0.1, 0.15) is 5.56 Å². The molecule has 0 bridgehead atoms. The molecule has 0 atom stereocenters. The van der Waals surface area contributed by atoms with Crippen LogP contribution in [0.5, 0.6) is 0 Å². The second-order valence-corrected chi connectivity index (χ2v) is 2.64. The quantitative estimate of drug-likeness (QED) is 0.449. The lowest BCUT2D eigenvalue weighted by Gasteiger charge is -2.00. The number of hydrogen-bond donors (Lipinski definition) is 1. The van der Waals surface area contributed by atoms with Crippen molar-refractivity contribution in [2.45, 2.75) is 6.42 Å². The Morgan fingerprint density at radius 3 is 2.71 bits per heavy atom. The van der Waals surface area contributed by atoms with Crippen molar-refractivity contribution >= 4 is 11.4 Å². The summed E-state index contributed by atoms with van der Waals surface area (Å²) in [6, 6.07) is 3.79. The molecule has 0 saturated heterocycles. The molecule has 0 aliphatic heterocycles. The van der Waals surface area contributed by atoms with Crippen molar-refractivity contribution in [1.29, 1.82) is 0 Å². The van der Waals surface area contributed by atoms with Gasteiger partial charge in [0.2, 0.25) is 0 Å². The van der Waals surface area contributed by atoms with Crippen molar-refractivity contribution in [3.63, 3.8) is 0 Å². The van der Waals surface area contributed by atoms with Crippen LogP contribution in [0.15, 0.2) is 23.4 Å². The molecule has 1 N–H and O–H groups in total. The SMILES string of the molecule is O=Nc1cc([N+](=O)[O-])ccc1CCO. The van der Waals surface area contributed by atoms with Crippen LogP contribution in [0.2, 0.25) is 0 Å². The molecule has 0 heterocycles. The molecular formula is C8H8N2O4. The van der Waals surface area contributed by atoms with Gasteiger partial charge in [0.25, 0.3) is 5.69 Å². The van der Waals surface area contributed by atoms with Gasteiger partial charge in [0.15, 0.2) is 0 Å². The van der Waals surface area contributed by atoms with E-state index in [1.54, 1.807) is 0 Å². The summed E-state index contributed by atoms with van der Waals surface area (Å²) in [6.45, 7) is -0.125. The van der Waals surface area contributed by atoms with Gasteiger partial charge in [-0.15, -0.1) is 4.91 Å². The lowest BCUT2D eigenvalue weighted by atomic mass is 10.1. The van der Waals surface area contributed by atoms with E-state index in [1.807, 2.05) is 0 Å². The Morgan fingerprint density at radius 1 is 1.50 bits per heavy atom. The average Bonchev–Trinajstić information content (AvgIpc) is 2.18. The van der Waals surface area contributed by atoms with E-state index in [2.05, 4.69) is 5.18 Å². The number of nitroso groups, excluding NO2 is 1. The first-order chi connectivity index (χ1) is 6.69. The van der Waals surface area contributed by atoms with Gasteiger partial charge in [-0.2, -0.15) is 0 Å². The Bertz CT molecular complexity index is 364. The fraction of sp³-hybridized carbons (Fsp3) is 0.250. The summed E-state index contributed by atoms with van der Waals surface area (Å²) in [5, 5.41) is 21.7. The Labute approximate surface area is 79.3 Å². The second kappa shape index (κ2) is 4.43. The zero-order chi connectivity index (χ0) is 10.6. The molecular weight excluding hydrogens is 188 g/mol. The summed E-state index contributed by atoms with van der Waals surface area (Å²) in [5.41, 5.74) is 0.336. The number of nitro groups is 1. The molecule has 0 spiro atoms. The molecule has 1 rings (SSSR count). The second-order valence-electron chi connectivity index (χ2n) is 2.64. The fourth-order valence-electron chi connectivity index (χ4n) is 1.08. The minimum absolute atomic E-state index is 0.00764. The highest BCUT2D eigenvalue weighted by molar-refractivity contribution is 5.53. The highest BCUT2D eigenvalue weighted by atomic mass is 16.6. The lowest BCUT2D eigenvalue weighted by molar-refractivity contribution is -0.384. The molecule has 0 aliphatic rings. The van der Waals surface area contributed by atoms with Crippen LogP contribution >= 0.6 is 0 Å². The minimum Gasteiger partial charge on any atom is -0.396 e. The van der Waals surface area contributed by atoms with Crippen LogP contribution in [0.25, 0.3) is 0 Å². The van der Waals surface area contributed by atoms with Crippen LogP contribution in [-0.2, 0) is 6.42 Å². The first-order valence-electron chi connectivity index (χ1n) is 3.90. The molecule has 0 fully saturated rings. The first-order valence-corrected chi connectivity index (χ1v) is 3.90. The lowest BCUT2D eigenvalue weighted by Crippen LogP contribution is -1.93. The van der Waals surface area contributed by atoms with Crippen LogP contribution in [0.4, 0.5) is 11.4 Å². The Morgan fingerprint density at radius 2 is 2.21 bits per heavy atom. The third-order valence-electron chi connectivity index (χ3n) is 1.76. The third-order valence-corrected chi connectivity index (χ3v) is 1.76. The highest BCUT2D eigenvalue weighted by Crippen LogP contribution is 2.25. The molecule has 0 radical (unpaired) electrons. The zero-order valence-electron chi connectivity index (χ0n) is 7.21. The highest BCUT2D eigenvalue weighted by Gasteiger charge is 2.10. The molecule has 14 heavy (non-hydrogen) atoms. The molecule has 0 aliphatic carbocycles. The Hall–Kier alpha value is -1.82. The van der Waals surface area contributed by atoms with Gasteiger partial charge in [-0.05, 0) is 23.2 Å². The van der Waals surface area contributed by atoms with Gasteiger partial charge < -0.3 is 5.11 Å². The Kier molecular flexibility index (Phi) is 3.24. The smallest absolute Gasteiger partial charge is 0.271 e. The van der Waals surface area contributed by atoms with Crippen LogP contribution in [0.3, 0.4) is 0 Å². The van der Waals surface area contributed by atoms with Gasteiger partial charge >= 0.3 is 0 Å². The van der Waals surface area contributed by atoms with E-state index >= 15 is 0 Å². The Balaban J connectivity index is 3.11. The maximum Gasteiger partial charge on any atom is 0.271 e. The van der Waals surface area contributed by atoms with E-state index in [1.165, 1.54) is 12.1 Å². The van der Waals surface area contributed by atoms with Gasteiger partial charge in [0, 0.05) is 18.7 Å². The van der Waals surface area contributed by atoms with Crippen molar-refractivity contribution in [3.05, 3.63) is 38.8 Å². The monoisotopic (exact) mass is 196 g/mol. The molecule has 74 valence electrons. The number of rotatable bonds is 4. The van der Waals surface area contributed by atoms with Crippen LogP contribution in [-0.4, -0.2) is 16.6 Å². The molecule has 0 aromatic heterocycles. The summed E-state index contributed by atoms with van der Waals surface area (Å²) in [6.07, 6.45) is 0.263. The van der Waals surface area contributed by atoms with Crippen LogP contribution < -0.4 is 0 Å². The molecule has 6 nitrogen and oxygen atoms in total. The minimum atomic E-state index is -0.600. The van der Waals surface area contributed by atoms with E-state index in [0.29, 0.717) is 5.56 Å². The number of benzene rings is 1. The summed E-state index contributed by atoms with van der Waals surface area (Å²) >= 11 is 0. The van der Waals surface area contributed by atoms with Crippen molar-refractivity contribution in [2.75, 3.05) is 6.61 Å². The number of nitro benzene ring substituents is 1. The number of aliphatic hydroxyl groups is 1. The summed E-state index contributed by atoms with van der Waals surface area (Å²) < 4.78 is 0. The van der Waals surface area contributed by atoms with Crippen LogP contribution in [0, 0.1) is 15.0 Å². The van der Waals surface area contributed by atoms with Gasteiger partial charge in [-0.25, -0.2) is 0 Å². The van der Waals surface area contributed by atoms with E-state index in [4.69, 9.17) is 5.11 Å². The van der Waals surface area contributed by atoms with Gasteiger partial charge in [-0.1, -0.05) is 0 Å². The van der Waals surface area contributed by atoms with Gasteiger partial charge in [0.1, 0.15) is 5.69 Å². The molecule has 0 saturated carbocycles. The van der Waals surface area contributed by atoms with E-state index in [9.17, 15) is 15.0 Å². The predicted molar refractivity (Wildman–Crippen MR) is 49.3 cm³/mol. The molecule has 1 aromatic rings. The van der Waals surface area contributed by atoms with E-state index in [0.717, 1.165) is 6.07 Å². The number of non-ortho nitro benzene ring substituents is 1. The van der Waals surface area contributed by atoms with Crippen molar-refractivity contribution in [3.8, 4) is 0 Å². The summed E-state index contributed by atoms with van der Waals surface area (Å²) in [5.74, 6) is 0. The molecule has 1 aromatic carbocycles.